The molecule has 11 heteroatoms. The van der Waals surface area contributed by atoms with Crippen LogP contribution < -0.4 is 5.32 Å². The van der Waals surface area contributed by atoms with E-state index in [0.29, 0.717) is 52.9 Å². The lowest BCUT2D eigenvalue weighted by atomic mass is 9.91. The largest absolute Gasteiger partial charge is 0.466 e. The number of amides is 1. The molecule has 0 fully saturated rings. The van der Waals surface area contributed by atoms with Crippen LogP contribution >= 0.6 is 23.2 Å². The molecule has 208 valence electrons. The zero-order valence-corrected chi connectivity index (χ0v) is 23.9. The molecular weight excluding hydrogens is 575 g/mol. The summed E-state index contributed by atoms with van der Waals surface area (Å²) < 4.78 is 31.8. The minimum atomic E-state index is -3.87. The Kier molecular flexibility index (Phi) is 7.90. The Morgan fingerprint density at radius 3 is 2.55 bits per heavy atom. The molecule has 3 aromatic rings. The molecule has 1 amide bonds. The zero-order chi connectivity index (χ0) is 28.6. The monoisotopic (exact) mass is 600 g/mol. The van der Waals surface area contributed by atoms with E-state index in [4.69, 9.17) is 27.9 Å². The number of Topliss-reactive ketones (excluding diaryl/α,β-unsaturated/α-hetero) is 1. The van der Waals surface area contributed by atoms with Gasteiger partial charge < -0.3 is 15.0 Å². The number of hydrogen-bond donors (Lipinski definition) is 2. The van der Waals surface area contributed by atoms with Crippen molar-refractivity contribution in [3.63, 3.8) is 0 Å². The summed E-state index contributed by atoms with van der Waals surface area (Å²) in [6.45, 7) is 1.98. The molecule has 40 heavy (non-hydrogen) atoms. The molecule has 1 aromatic heterocycles. The minimum Gasteiger partial charge on any atom is -0.466 e. The number of benzene rings is 2. The number of halogens is 2. The van der Waals surface area contributed by atoms with Crippen LogP contribution in [0.3, 0.4) is 0 Å². The first-order chi connectivity index (χ1) is 19.1. The van der Waals surface area contributed by atoms with Gasteiger partial charge >= 0.3 is 5.97 Å². The molecule has 5 rings (SSSR count). The van der Waals surface area contributed by atoms with E-state index in [0.717, 1.165) is 5.69 Å². The van der Waals surface area contributed by atoms with E-state index in [9.17, 15) is 22.8 Å². The van der Waals surface area contributed by atoms with Crippen LogP contribution in [0.5, 0.6) is 0 Å². The van der Waals surface area contributed by atoms with Gasteiger partial charge in [0.05, 0.1) is 22.8 Å². The first-order valence-corrected chi connectivity index (χ1v) is 15.3. The zero-order valence-electron chi connectivity index (χ0n) is 21.6. The normalized spacial score (nSPS) is 15.6. The number of ketones is 1. The number of H-pyrrole nitrogens is 1. The van der Waals surface area contributed by atoms with Gasteiger partial charge in [-0.1, -0.05) is 29.3 Å². The molecule has 2 heterocycles. The lowest BCUT2D eigenvalue weighted by molar-refractivity contribution is -0.143. The lowest BCUT2D eigenvalue weighted by Gasteiger charge is -2.11. The fraction of sp³-hybridized carbons (Fsp3) is 0.276. The van der Waals surface area contributed by atoms with Crippen LogP contribution in [0.25, 0.3) is 11.6 Å². The number of anilines is 1. The number of hydrogen-bond acceptors (Lipinski definition) is 6. The third kappa shape index (κ3) is 5.46. The maximum atomic E-state index is 13.3. The van der Waals surface area contributed by atoms with Crippen molar-refractivity contribution in [2.45, 2.75) is 49.7 Å². The molecule has 0 spiro atoms. The smallest absolute Gasteiger partial charge is 0.306 e. The van der Waals surface area contributed by atoms with Crippen molar-refractivity contribution in [2.24, 2.45) is 0 Å². The van der Waals surface area contributed by atoms with Crippen LogP contribution in [-0.4, -0.2) is 37.7 Å². The molecule has 2 aliphatic rings. The van der Waals surface area contributed by atoms with Gasteiger partial charge in [0.25, 0.3) is 5.91 Å². The first-order valence-electron chi connectivity index (χ1n) is 12.8. The number of esters is 1. The highest BCUT2D eigenvalue weighted by Gasteiger charge is 2.30. The Morgan fingerprint density at radius 2 is 1.82 bits per heavy atom. The van der Waals surface area contributed by atoms with Crippen molar-refractivity contribution in [3.05, 3.63) is 80.1 Å². The SMILES string of the molecule is CCOC(=O)CCc1c(C=C2C(=O)Nc3ccc(S(=O)(=O)Cc4c(Cl)cccc4Cl)cc32)[nH]c2c1C(=O)CCC2. The Labute approximate surface area is 241 Å². The second kappa shape index (κ2) is 11.2. The van der Waals surface area contributed by atoms with E-state index < -0.39 is 21.5 Å². The quantitative estimate of drug-likeness (QED) is 0.249. The summed E-state index contributed by atoms with van der Waals surface area (Å²) in [5.74, 6) is -1.21. The summed E-state index contributed by atoms with van der Waals surface area (Å²) in [4.78, 5) is 41.2. The lowest BCUT2D eigenvalue weighted by Crippen LogP contribution is -2.12. The fourth-order valence-corrected chi connectivity index (χ4v) is 7.25. The highest BCUT2D eigenvalue weighted by atomic mass is 35.5. The molecular formula is C29H26Cl2N2O6S. The van der Waals surface area contributed by atoms with E-state index in [1.165, 1.54) is 12.1 Å². The molecule has 0 radical (unpaired) electrons. The molecule has 1 aliphatic carbocycles. The Balaban J connectivity index is 1.54. The number of ether oxygens (including phenoxy) is 1. The van der Waals surface area contributed by atoms with Crippen LogP contribution in [0, 0.1) is 0 Å². The number of sulfone groups is 1. The third-order valence-electron chi connectivity index (χ3n) is 7.03. The van der Waals surface area contributed by atoms with E-state index in [-0.39, 0.29) is 51.7 Å². The summed E-state index contributed by atoms with van der Waals surface area (Å²) in [5.41, 5.74) is 3.94. The van der Waals surface area contributed by atoms with Gasteiger partial charge in [0.15, 0.2) is 15.6 Å². The number of carbonyl (C=O) groups excluding carboxylic acids is 3. The van der Waals surface area contributed by atoms with Crippen molar-refractivity contribution in [3.8, 4) is 0 Å². The van der Waals surface area contributed by atoms with Crippen molar-refractivity contribution in [1.82, 2.24) is 4.98 Å². The van der Waals surface area contributed by atoms with Crippen LogP contribution in [0.4, 0.5) is 5.69 Å². The Bertz CT molecular complexity index is 1670. The molecule has 0 unspecified atom stereocenters. The van der Waals surface area contributed by atoms with Gasteiger partial charge in [-0.25, -0.2) is 8.42 Å². The first kappa shape index (κ1) is 28.1. The highest BCUT2D eigenvalue weighted by Crippen LogP contribution is 2.38. The van der Waals surface area contributed by atoms with E-state index in [1.54, 1.807) is 37.3 Å². The third-order valence-corrected chi connectivity index (χ3v) is 9.38. The predicted octanol–water partition coefficient (Wildman–Crippen LogP) is 5.80. The van der Waals surface area contributed by atoms with Gasteiger partial charge in [-0.3, -0.25) is 14.4 Å². The molecule has 0 saturated heterocycles. The topological polar surface area (TPSA) is 122 Å². The van der Waals surface area contributed by atoms with Gasteiger partial charge in [0.1, 0.15) is 0 Å². The van der Waals surface area contributed by atoms with Gasteiger partial charge in [-0.15, -0.1) is 0 Å². The molecule has 2 aromatic carbocycles. The molecule has 0 saturated carbocycles. The average Bonchev–Trinajstić information content (AvgIpc) is 3.42. The van der Waals surface area contributed by atoms with Gasteiger partial charge in [-0.2, -0.15) is 0 Å². The van der Waals surface area contributed by atoms with Crippen LogP contribution in [0.1, 0.15) is 64.6 Å². The number of nitrogens with one attached hydrogen (secondary N) is 2. The predicted molar refractivity (Wildman–Crippen MR) is 153 cm³/mol. The fourth-order valence-electron chi connectivity index (χ4n) is 5.13. The number of carbonyl (C=O) groups is 3. The maximum Gasteiger partial charge on any atom is 0.306 e. The standard InChI is InChI=1S/C29H26Cl2N2O6S/c1-2-39-27(35)12-10-17-25(32-24-7-4-8-26(34)28(17)24)14-19-18-13-16(9-11-23(18)33-29(19)36)40(37,38)15-20-21(30)5-3-6-22(20)31/h3,5-6,9,11,13-14,32H,2,4,7-8,10,12,15H2,1H3,(H,33,36). The Morgan fingerprint density at radius 1 is 1.07 bits per heavy atom. The van der Waals surface area contributed by atoms with Crippen molar-refractivity contribution in [2.75, 3.05) is 11.9 Å². The number of fused-ring (bicyclic) bond motifs is 2. The van der Waals surface area contributed by atoms with Gasteiger partial charge in [0, 0.05) is 56.7 Å². The molecule has 2 N–H and O–H groups in total. The van der Waals surface area contributed by atoms with E-state index in [1.807, 2.05) is 0 Å². The number of aromatic nitrogens is 1. The minimum absolute atomic E-state index is 0.00753. The average molecular weight is 602 g/mol. The summed E-state index contributed by atoms with van der Waals surface area (Å²) in [5, 5.41) is 3.26. The summed E-state index contributed by atoms with van der Waals surface area (Å²) >= 11 is 12.4. The Hall–Kier alpha value is -3.40. The van der Waals surface area contributed by atoms with Crippen molar-refractivity contribution >= 4 is 68.0 Å². The second-order valence-corrected chi connectivity index (χ2v) is 12.4. The summed E-state index contributed by atoms with van der Waals surface area (Å²) in [7, 11) is -3.87. The summed E-state index contributed by atoms with van der Waals surface area (Å²) in [6, 6.07) is 9.21. The second-order valence-electron chi connectivity index (χ2n) is 9.63. The maximum absolute atomic E-state index is 13.3. The number of aromatic amines is 1. The number of rotatable bonds is 8. The molecule has 0 atom stereocenters. The van der Waals surface area contributed by atoms with Crippen LogP contribution in [-0.2, 0) is 42.8 Å². The van der Waals surface area contributed by atoms with Crippen molar-refractivity contribution in [1.29, 1.82) is 0 Å². The molecule has 8 nitrogen and oxygen atoms in total. The summed E-state index contributed by atoms with van der Waals surface area (Å²) in [6.07, 6.45) is 3.75. The van der Waals surface area contributed by atoms with E-state index in [2.05, 4.69) is 10.3 Å². The molecule has 1 aliphatic heterocycles. The van der Waals surface area contributed by atoms with Gasteiger partial charge in [0.2, 0.25) is 0 Å². The number of aryl methyl sites for hydroxylation is 1. The highest BCUT2D eigenvalue weighted by molar-refractivity contribution is 7.90. The van der Waals surface area contributed by atoms with E-state index >= 15 is 0 Å². The molecule has 0 bridgehead atoms. The van der Waals surface area contributed by atoms with Crippen LogP contribution in [0.2, 0.25) is 10.0 Å². The van der Waals surface area contributed by atoms with Crippen LogP contribution in [0.15, 0.2) is 41.3 Å². The van der Waals surface area contributed by atoms with Gasteiger partial charge in [-0.05, 0) is 68.2 Å². The van der Waals surface area contributed by atoms with Crippen molar-refractivity contribution < 1.29 is 27.5 Å².